The van der Waals surface area contributed by atoms with Gasteiger partial charge in [0.2, 0.25) is 0 Å². The molecular formula is C15H14O3. The van der Waals surface area contributed by atoms with Crippen LogP contribution >= 0.6 is 0 Å². The topological polar surface area (TPSA) is 57.5 Å². The molecule has 0 saturated carbocycles. The van der Waals surface area contributed by atoms with Crippen LogP contribution in [0.2, 0.25) is 0 Å². The van der Waals surface area contributed by atoms with E-state index in [9.17, 15) is 9.90 Å². The number of hydrogen-bond donors (Lipinski definition) is 2. The SMILES string of the molecule is O=C(c1ccccc1)c1cc(CCO)ccc1O. The normalized spacial score (nSPS) is 10.3. The van der Waals surface area contributed by atoms with Gasteiger partial charge in [0, 0.05) is 12.2 Å². The van der Waals surface area contributed by atoms with Crippen LogP contribution in [0.3, 0.4) is 0 Å². The Hall–Kier alpha value is -2.13. The summed E-state index contributed by atoms with van der Waals surface area (Å²) in [6.07, 6.45) is 0.468. The molecule has 2 aromatic rings. The smallest absolute Gasteiger partial charge is 0.196 e. The minimum Gasteiger partial charge on any atom is -0.507 e. The van der Waals surface area contributed by atoms with Gasteiger partial charge in [0.1, 0.15) is 5.75 Å². The number of carbonyl (C=O) groups is 1. The number of benzene rings is 2. The molecule has 0 bridgehead atoms. The monoisotopic (exact) mass is 242 g/mol. The fraction of sp³-hybridized carbons (Fsp3) is 0.133. The van der Waals surface area contributed by atoms with Crippen LogP contribution in [0.25, 0.3) is 0 Å². The Bertz CT molecular complexity index is 547. The van der Waals surface area contributed by atoms with E-state index in [4.69, 9.17) is 5.11 Å². The number of ketones is 1. The van der Waals surface area contributed by atoms with Crippen molar-refractivity contribution in [3.05, 3.63) is 65.2 Å². The van der Waals surface area contributed by atoms with Crippen molar-refractivity contribution in [1.29, 1.82) is 0 Å². The highest BCUT2D eigenvalue weighted by atomic mass is 16.3. The minimum atomic E-state index is -0.215. The number of aliphatic hydroxyl groups excluding tert-OH is 1. The number of phenols is 1. The second kappa shape index (κ2) is 5.47. The van der Waals surface area contributed by atoms with Crippen molar-refractivity contribution in [2.45, 2.75) is 6.42 Å². The second-order valence-corrected chi connectivity index (χ2v) is 4.02. The summed E-state index contributed by atoms with van der Waals surface area (Å²) in [6, 6.07) is 13.6. The molecular weight excluding hydrogens is 228 g/mol. The predicted octanol–water partition coefficient (Wildman–Crippen LogP) is 2.16. The highest BCUT2D eigenvalue weighted by Crippen LogP contribution is 2.22. The first-order chi connectivity index (χ1) is 8.72. The molecule has 18 heavy (non-hydrogen) atoms. The Morgan fingerprint density at radius 3 is 2.44 bits per heavy atom. The molecule has 92 valence electrons. The Morgan fingerprint density at radius 2 is 1.78 bits per heavy atom. The molecule has 0 radical (unpaired) electrons. The van der Waals surface area contributed by atoms with E-state index in [0.29, 0.717) is 12.0 Å². The molecule has 0 unspecified atom stereocenters. The molecule has 2 rings (SSSR count). The van der Waals surface area contributed by atoms with Crippen molar-refractivity contribution in [1.82, 2.24) is 0 Å². The average molecular weight is 242 g/mol. The molecule has 0 aliphatic carbocycles. The van der Waals surface area contributed by atoms with Gasteiger partial charge in [-0.15, -0.1) is 0 Å². The van der Waals surface area contributed by atoms with Gasteiger partial charge in [-0.25, -0.2) is 0 Å². The Kier molecular flexibility index (Phi) is 3.75. The van der Waals surface area contributed by atoms with Crippen molar-refractivity contribution in [3.63, 3.8) is 0 Å². The van der Waals surface area contributed by atoms with E-state index in [2.05, 4.69) is 0 Å². The van der Waals surface area contributed by atoms with Gasteiger partial charge in [-0.2, -0.15) is 0 Å². The van der Waals surface area contributed by atoms with E-state index in [0.717, 1.165) is 5.56 Å². The third-order valence-electron chi connectivity index (χ3n) is 2.74. The van der Waals surface area contributed by atoms with Gasteiger partial charge in [0.25, 0.3) is 0 Å². The zero-order valence-corrected chi connectivity index (χ0v) is 9.84. The standard InChI is InChI=1S/C15H14O3/c16-9-8-11-6-7-14(17)13(10-11)15(18)12-4-2-1-3-5-12/h1-7,10,16-17H,8-9H2. The van der Waals surface area contributed by atoms with Gasteiger partial charge in [-0.05, 0) is 24.1 Å². The molecule has 0 aromatic heterocycles. The number of phenolic OH excluding ortho intramolecular Hbond substituents is 1. The van der Waals surface area contributed by atoms with Gasteiger partial charge in [-0.1, -0.05) is 36.4 Å². The molecule has 0 fully saturated rings. The summed E-state index contributed by atoms with van der Waals surface area (Å²) in [7, 11) is 0. The largest absolute Gasteiger partial charge is 0.507 e. The van der Waals surface area contributed by atoms with E-state index in [-0.39, 0.29) is 23.7 Å². The predicted molar refractivity (Wildman–Crippen MR) is 68.8 cm³/mol. The van der Waals surface area contributed by atoms with Gasteiger partial charge in [0.05, 0.1) is 5.56 Å². The van der Waals surface area contributed by atoms with Crippen LogP contribution in [-0.2, 0) is 6.42 Å². The first kappa shape index (κ1) is 12.3. The molecule has 0 atom stereocenters. The Morgan fingerprint density at radius 1 is 1.06 bits per heavy atom. The molecule has 0 aliphatic rings. The number of carbonyl (C=O) groups excluding carboxylic acids is 1. The van der Waals surface area contributed by atoms with Crippen molar-refractivity contribution in [3.8, 4) is 5.75 Å². The maximum absolute atomic E-state index is 12.2. The lowest BCUT2D eigenvalue weighted by atomic mass is 9.99. The molecule has 3 heteroatoms. The van der Waals surface area contributed by atoms with Crippen molar-refractivity contribution in [2.75, 3.05) is 6.61 Å². The second-order valence-electron chi connectivity index (χ2n) is 4.02. The summed E-state index contributed by atoms with van der Waals surface area (Å²) in [6.45, 7) is 0.0176. The van der Waals surface area contributed by atoms with Crippen LogP contribution in [0.4, 0.5) is 0 Å². The first-order valence-electron chi connectivity index (χ1n) is 5.75. The highest BCUT2D eigenvalue weighted by molar-refractivity contribution is 6.10. The zero-order valence-electron chi connectivity index (χ0n) is 9.84. The average Bonchev–Trinajstić information content (AvgIpc) is 2.41. The lowest BCUT2D eigenvalue weighted by Crippen LogP contribution is -2.03. The quantitative estimate of drug-likeness (QED) is 0.808. The maximum atomic E-state index is 12.2. The van der Waals surface area contributed by atoms with E-state index >= 15 is 0 Å². The first-order valence-corrected chi connectivity index (χ1v) is 5.75. The van der Waals surface area contributed by atoms with Crippen LogP contribution in [0, 0.1) is 0 Å². The van der Waals surface area contributed by atoms with Gasteiger partial charge in [-0.3, -0.25) is 4.79 Å². The molecule has 2 N–H and O–H groups in total. The number of rotatable bonds is 4. The highest BCUT2D eigenvalue weighted by Gasteiger charge is 2.13. The summed E-state index contributed by atoms with van der Waals surface area (Å²) in [5.41, 5.74) is 1.63. The van der Waals surface area contributed by atoms with Crippen LogP contribution in [-0.4, -0.2) is 22.6 Å². The summed E-state index contributed by atoms with van der Waals surface area (Å²) >= 11 is 0. The third-order valence-corrected chi connectivity index (χ3v) is 2.74. The molecule has 0 aliphatic heterocycles. The number of aliphatic hydroxyl groups is 1. The summed E-state index contributed by atoms with van der Waals surface area (Å²) < 4.78 is 0. The molecule has 2 aromatic carbocycles. The third kappa shape index (κ3) is 2.57. The van der Waals surface area contributed by atoms with Crippen molar-refractivity contribution < 1.29 is 15.0 Å². The molecule has 0 saturated heterocycles. The maximum Gasteiger partial charge on any atom is 0.196 e. The number of aromatic hydroxyl groups is 1. The molecule has 0 amide bonds. The summed E-state index contributed by atoms with van der Waals surface area (Å²) in [4.78, 5) is 12.2. The van der Waals surface area contributed by atoms with Gasteiger partial charge < -0.3 is 10.2 Å². The van der Waals surface area contributed by atoms with Crippen LogP contribution < -0.4 is 0 Å². The van der Waals surface area contributed by atoms with Gasteiger partial charge >= 0.3 is 0 Å². The molecule has 3 nitrogen and oxygen atoms in total. The summed E-state index contributed by atoms with van der Waals surface area (Å²) in [5.74, 6) is -0.251. The van der Waals surface area contributed by atoms with Crippen molar-refractivity contribution in [2.24, 2.45) is 0 Å². The Balaban J connectivity index is 2.38. The lowest BCUT2D eigenvalue weighted by Gasteiger charge is -2.06. The van der Waals surface area contributed by atoms with Crippen LogP contribution in [0.15, 0.2) is 48.5 Å². The minimum absolute atomic E-state index is 0.0176. The molecule has 0 heterocycles. The van der Waals surface area contributed by atoms with E-state index in [1.54, 1.807) is 36.4 Å². The summed E-state index contributed by atoms with van der Waals surface area (Å²) in [5, 5.41) is 18.6. The van der Waals surface area contributed by atoms with Crippen LogP contribution in [0.1, 0.15) is 21.5 Å². The zero-order chi connectivity index (χ0) is 13.0. The van der Waals surface area contributed by atoms with E-state index in [1.165, 1.54) is 6.07 Å². The molecule has 0 spiro atoms. The van der Waals surface area contributed by atoms with Crippen LogP contribution in [0.5, 0.6) is 5.75 Å². The number of hydrogen-bond acceptors (Lipinski definition) is 3. The fourth-order valence-electron chi connectivity index (χ4n) is 1.79. The van der Waals surface area contributed by atoms with Crippen molar-refractivity contribution >= 4 is 5.78 Å². The van der Waals surface area contributed by atoms with E-state index in [1.807, 2.05) is 6.07 Å². The van der Waals surface area contributed by atoms with E-state index < -0.39 is 0 Å². The fourth-order valence-corrected chi connectivity index (χ4v) is 1.79. The lowest BCUT2D eigenvalue weighted by molar-refractivity contribution is 0.103. The Labute approximate surface area is 105 Å². The van der Waals surface area contributed by atoms with Gasteiger partial charge in [0.15, 0.2) is 5.78 Å².